The molecular formula is C29H27N3O6. The van der Waals surface area contributed by atoms with Crippen LogP contribution in [0.5, 0.6) is 17.2 Å². The predicted octanol–water partition coefficient (Wildman–Crippen LogP) is 4.25. The van der Waals surface area contributed by atoms with Gasteiger partial charge in [-0.3, -0.25) is 14.6 Å². The Balaban J connectivity index is 1.55. The number of aromatic amines is 1. The number of likely N-dealkylation sites (tertiary alicyclic amines) is 1. The highest BCUT2D eigenvalue weighted by atomic mass is 16.5. The van der Waals surface area contributed by atoms with Gasteiger partial charge in [0.15, 0.2) is 11.5 Å². The number of fused-ring (bicyclic) bond motifs is 1. The number of benzene rings is 2. The number of carbonyl (C=O) groups excluding carboxylic acids is 2. The summed E-state index contributed by atoms with van der Waals surface area (Å²) >= 11 is 0. The molecule has 2 aromatic heterocycles. The van der Waals surface area contributed by atoms with Crippen LogP contribution in [0.2, 0.25) is 0 Å². The van der Waals surface area contributed by atoms with Crippen molar-refractivity contribution in [3.05, 3.63) is 89.4 Å². The number of nitrogens with zero attached hydrogens (tertiary/aromatic N) is 2. The predicted molar refractivity (Wildman–Crippen MR) is 141 cm³/mol. The average Bonchev–Trinajstić information content (AvgIpc) is 3.48. The van der Waals surface area contributed by atoms with Gasteiger partial charge in [0.1, 0.15) is 17.6 Å². The van der Waals surface area contributed by atoms with E-state index in [0.29, 0.717) is 29.2 Å². The van der Waals surface area contributed by atoms with Gasteiger partial charge in [-0.1, -0.05) is 6.07 Å². The number of methoxy groups -OCH3 is 3. The van der Waals surface area contributed by atoms with E-state index in [4.69, 9.17) is 14.2 Å². The number of ketones is 1. The number of carbonyl (C=O) groups is 2. The largest absolute Gasteiger partial charge is 0.507 e. The lowest BCUT2D eigenvalue weighted by Gasteiger charge is -2.24. The van der Waals surface area contributed by atoms with Crippen molar-refractivity contribution in [3.8, 4) is 17.2 Å². The van der Waals surface area contributed by atoms with Crippen molar-refractivity contribution in [2.24, 2.45) is 0 Å². The molecule has 1 saturated heterocycles. The number of nitrogens with one attached hydrogen (secondary N) is 1. The zero-order valence-corrected chi connectivity index (χ0v) is 21.2. The number of aliphatic hydroxyl groups excluding tert-OH is 1. The molecule has 1 atom stereocenters. The maximum Gasteiger partial charge on any atom is 0.295 e. The Morgan fingerprint density at radius 2 is 1.82 bits per heavy atom. The molecule has 194 valence electrons. The van der Waals surface area contributed by atoms with Crippen molar-refractivity contribution in [2.45, 2.75) is 12.5 Å². The summed E-state index contributed by atoms with van der Waals surface area (Å²) in [5.41, 5.74) is 2.69. The van der Waals surface area contributed by atoms with Crippen LogP contribution in [0.15, 0.2) is 72.6 Å². The second-order valence-corrected chi connectivity index (χ2v) is 8.79. The van der Waals surface area contributed by atoms with Crippen molar-refractivity contribution < 1.29 is 28.9 Å². The van der Waals surface area contributed by atoms with E-state index in [1.165, 1.54) is 19.1 Å². The fraction of sp³-hybridized carbons (Fsp3) is 0.207. The highest BCUT2D eigenvalue weighted by molar-refractivity contribution is 6.46. The van der Waals surface area contributed by atoms with E-state index in [2.05, 4.69) is 9.97 Å². The highest BCUT2D eigenvalue weighted by Crippen LogP contribution is 2.40. The summed E-state index contributed by atoms with van der Waals surface area (Å²) in [6.45, 7) is 0.235. The van der Waals surface area contributed by atoms with E-state index in [0.717, 1.165) is 22.2 Å². The number of pyridine rings is 1. The van der Waals surface area contributed by atoms with Crippen LogP contribution in [0.1, 0.15) is 22.9 Å². The standard InChI is InChI=1S/C29H27N3O6/c1-36-19-8-9-21-20(15-19)18(16-31-21)11-13-32-26(22-6-4-5-12-30-22)25(28(34)29(32)35)27(33)17-7-10-23(37-2)24(14-17)38-3/h4-10,12,14-16,26,31,33H,11,13H2,1-3H3/t26-/m1/s1. The topological polar surface area (TPSA) is 114 Å². The Kier molecular flexibility index (Phi) is 6.74. The van der Waals surface area contributed by atoms with E-state index in [1.807, 2.05) is 24.4 Å². The lowest BCUT2D eigenvalue weighted by Crippen LogP contribution is -2.32. The Morgan fingerprint density at radius 3 is 2.53 bits per heavy atom. The van der Waals surface area contributed by atoms with Crippen LogP contribution in [0.25, 0.3) is 16.7 Å². The van der Waals surface area contributed by atoms with Crippen LogP contribution in [-0.4, -0.2) is 59.5 Å². The Bertz CT molecular complexity index is 1540. The number of hydrogen-bond donors (Lipinski definition) is 2. The molecule has 0 radical (unpaired) electrons. The summed E-state index contributed by atoms with van der Waals surface area (Å²) < 4.78 is 16.0. The Labute approximate surface area is 219 Å². The first-order chi connectivity index (χ1) is 18.5. The normalized spacial score (nSPS) is 16.7. The van der Waals surface area contributed by atoms with Gasteiger partial charge < -0.3 is 29.2 Å². The van der Waals surface area contributed by atoms with Gasteiger partial charge in [-0.05, 0) is 60.5 Å². The molecule has 38 heavy (non-hydrogen) atoms. The highest BCUT2D eigenvalue weighted by Gasteiger charge is 2.46. The average molecular weight is 514 g/mol. The molecule has 0 saturated carbocycles. The lowest BCUT2D eigenvalue weighted by molar-refractivity contribution is -0.139. The molecule has 9 heteroatoms. The van der Waals surface area contributed by atoms with Gasteiger partial charge in [-0.25, -0.2) is 0 Å². The van der Waals surface area contributed by atoms with Gasteiger partial charge in [0, 0.05) is 35.4 Å². The van der Waals surface area contributed by atoms with E-state index in [1.54, 1.807) is 49.7 Å². The zero-order valence-electron chi connectivity index (χ0n) is 21.2. The summed E-state index contributed by atoms with van der Waals surface area (Å²) in [7, 11) is 4.60. The summed E-state index contributed by atoms with van der Waals surface area (Å²) in [5, 5.41) is 12.3. The van der Waals surface area contributed by atoms with Crippen molar-refractivity contribution in [1.29, 1.82) is 0 Å². The zero-order chi connectivity index (χ0) is 26.8. The first kappa shape index (κ1) is 24.9. The van der Waals surface area contributed by atoms with Gasteiger partial charge in [-0.15, -0.1) is 0 Å². The Morgan fingerprint density at radius 1 is 1.00 bits per heavy atom. The van der Waals surface area contributed by atoms with Crippen LogP contribution < -0.4 is 14.2 Å². The molecule has 9 nitrogen and oxygen atoms in total. The van der Waals surface area contributed by atoms with Crippen molar-refractivity contribution in [3.63, 3.8) is 0 Å². The minimum atomic E-state index is -0.857. The maximum atomic E-state index is 13.3. The smallest absolute Gasteiger partial charge is 0.295 e. The van der Waals surface area contributed by atoms with E-state index >= 15 is 0 Å². The third-order valence-electron chi connectivity index (χ3n) is 6.76. The van der Waals surface area contributed by atoms with Gasteiger partial charge in [0.25, 0.3) is 11.7 Å². The number of rotatable bonds is 8. The summed E-state index contributed by atoms with van der Waals surface area (Å²) in [4.78, 5) is 35.8. The fourth-order valence-corrected chi connectivity index (χ4v) is 4.83. The van der Waals surface area contributed by atoms with Crippen molar-refractivity contribution in [1.82, 2.24) is 14.9 Å². The lowest BCUT2D eigenvalue weighted by atomic mass is 9.98. The number of Topliss-reactive ketones (excluding diaryl/α,β-unsaturated/α-hetero) is 1. The van der Waals surface area contributed by atoms with Gasteiger partial charge >= 0.3 is 0 Å². The number of H-pyrrole nitrogens is 1. The molecule has 0 spiro atoms. The van der Waals surface area contributed by atoms with Crippen LogP contribution >= 0.6 is 0 Å². The second kappa shape index (κ2) is 10.3. The molecule has 4 aromatic rings. The first-order valence-electron chi connectivity index (χ1n) is 12.0. The number of aliphatic hydroxyl groups is 1. The summed E-state index contributed by atoms with van der Waals surface area (Å²) in [5.74, 6) is -0.189. The maximum absolute atomic E-state index is 13.3. The summed E-state index contributed by atoms with van der Waals surface area (Å²) in [6.07, 6.45) is 3.96. The van der Waals surface area contributed by atoms with Crippen LogP contribution in [0, 0.1) is 0 Å². The number of ether oxygens (including phenoxy) is 3. The summed E-state index contributed by atoms with van der Waals surface area (Å²) in [6, 6.07) is 15.0. The third kappa shape index (κ3) is 4.32. The van der Waals surface area contributed by atoms with Crippen molar-refractivity contribution >= 4 is 28.4 Å². The van der Waals surface area contributed by atoms with Gasteiger partial charge in [-0.2, -0.15) is 0 Å². The first-order valence-corrected chi connectivity index (χ1v) is 12.0. The van der Waals surface area contributed by atoms with Crippen LogP contribution in [0.3, 0.4) is 0 Å². The monoisotopic (exact) mass is 513 g/mol. The Hall–Kier alpha value is -4.79. The SMILES string of the molecule is COc1ccc2[nH]cc(CCN3C(=O)C(=O)C(=C(O)c4ccc(OC)c(OC)c4)[C@H]3c3ccccn3)c2c1. The fourth-order valence-electron chi connectivity index (χ4n) is 4.83. The number of amides is 1. The second-order valence-electron chi connectivity index (χ2n) is 8.79. The van der Waals surface area contributed by atoms with E-state index < -0.39 is 17.7 Å². The minimum Gasteiger partial charge on any atom is -0.507 e. The van der Waals surface area contributed by atoms with Gasteiger partial charge in [0.05, 0.1) is 32.6 Å². The molecule has 0 bridgehead atoms. The third-order valence-corrected chi connectivity index (χ3v) is 6.76. The molecule has 2 aromatic carbocycles. The molecule has 5 rings (SSSR count). The molecule has 0 unspecified atom stereocenters. The minimum absolute atomic E-state index is 0.0264. The molecule has 3 heterocycles. The van der Waals surface area contributed by atoms with Gasteiger partial charge in [0.2, 0.25) is 0 Å². The van der Waals surface area contributed by atoms with Crippen LogP contribution in [0.4, 0.5) is 0 Å². The van der Waals surface area contributed by atoms with Crippen molar-refractivity contribution in [2.75, 3.05) is 27.9 Å². The molecule has 0 aliphatic carbocycles. The molecular weight excluding hydrogens is 486 g/mol. The molecule has 2 N–H and O–H groups in total. The number of aromatic nitrogens is 2. The number of hydrogen-bond acceptors (Lipinski definition) is 7. The van der Waals surface area contributed by atoms with E-state index in [-0.39, 0.29) is 17.9 Å². The molecule has 1 aliphatic rings. The molecule has 1 amide bonds. The molecule has 1 fully saturated rings. The van der Waals surface area contributed by atoms with E-state index in [9.17, 15) is 14.7 Å². The van der Waals surface area contributed by atoms with Crippen LogP contribution in [-0.2, 0) is 16.0 Å². The quantitative estimate of drug-likeness (QED) is 0.206. The molecule has 1 aliphatic heterocycles.